The Bertz CT molecular complexity index is 371. The minimum Gasteiger partial charge on any atom is -0.379 e. The number of hydrogen-bond acceptors (Lipinski definition) is 2. The molecule has 2 atom stereocenters. The van der Waals surface area contributed by atoms with Crippen LogP contribution in [-0.4, -0.2) is 32.0 Å². The number of unbranched alkanes of at least 4 members (excludes halogenated alkanes) is 15. The summed E-state index contributed by atoms with van der Waals surface area (Å²) >= 11 is 0. The molecule has 1 aliphatic heterocycles. The van der Waals surface area contributed by atoms with Gasteiger partial charge in [0, 0.05) is 13.2 Å². The standard InChI is InChI=1S/C31H60O3/c1-2-3-4-5-6-7-8-9-10-11-12-13-14-15-18-22-28-34-31-25-20-17-16-19-24-30(32)29-33-27-23-21-26-31/h30-31H,1-29H2. The van der Waals surface area contributed by atoms with Crippen LogP contribution in [0.1, 0.15) is 161 Å². The van der Waals surface area contributed by atoms with Crippen molar-refractivity contribution in [2.45, 2.75) is 173 Å². The third-order valence-electron chi connectivity index (χ3n) is 7.42. The zero-order valence-corrected chi connectivity index (χ0v) is 22.9. The smallest absolute Gasteiger partial charge is 0.116 e. The van der Waals surface area contributed by atoms with E-state index in [1.165, 1.54) is 122 Å². The summed E-state index contributed by atoms with van der Waals surface area (Å²) in [7, 11) is 0. The monoisotopic (exact) mass is 480 g/mol. The first kappa shape index (κ1) is 31.9. The molecule has 0 bridgehead atoms. The van der Waals surface area contributed by atoms with Gasteiger partial charge in [-0.15, -0.1) is 0 Å². The Kier molecular flexibility index (Phi) is 24.4. The maximum atomic E-state index is 11.8. The van der Waals surface area contributed by atoms with Crippen molar-refractivity contribution in [3.8, 4) is 0 Å². The third-order valence-corrected chi connectivity index (χ3v) is 7.42. The van der Waals surface area contributed by atoms with E-state index < -0.39 is 6.10 Å². The molecular weight excluding hydrogens is 420 g/mol. The molecule has 0 aliphatic carbocycles. The van der Waals surface area contributed by atoms with Crippen molar-refractivity contribution in [1.82, 2.24) is 0 Å². The van der Waals surface area contributed by atoms with Crippen LogP contribution in [0.3, 0.4) is 0 Å². The fourth-order valence-electron chi connectivity index (χ4n) is 5.11. The summed E-state index contributed by atoms with van der Waals surface area (Å²) in [5.41, 5.74) is 0. The van der Waals surface area contributed by atoms with Gasteiger partial charge in [-0.1, -0.05) is 129 Å². The molecule has 0 aromatic heterocycles. The van der Waals surface area contributed by atoms with Gasteiger partial charge in [0.25, 0.3) is 0 Å². The molecule has 2 unspecified atom stereocenters. The zero-order chi connectivity index (χ0) is 24.4. The quantitative estimate of drug-likeness (QED) is 0.183. The summed E-state index contributed by atoms with van der Waals surface area (Å²) in [6.45, 7) is 5.99. The van der Waals surface area contributed by atoms with Crippen molar-refractivity contribution in [2.75, 3.05) is 19.8 Å². The molecule has 0 saturated carbocycles. The molecule has 202 valence electrons. The van der Waals surface area contributed by atoms with Gasteiger partial charge in [-0.25, -0.2) is 5.11 Å². The molecule has 0 amide bonds. The molecule has 1 fully saturated rings. The Hall–Kier alpha value is -0.120. The molecule has 0 spiro atoms. The second-order valence-electron chi connectivity index (χ2n) is 10.8. The summed E-state index contributed by atoms with van der Waals surface area (Å²) in [4.78, 5) is 0. The molecule has 1 saturated heterocycles. The number of rotatable bonds is 18. The van der Waals surface area contributed by atoms with Crippen LogP contribution in [0.15, 0.2) is 0 Å². The van der Waals surface area contributed by atoms with E-state index >= 15 is 0 Å². The molecule has 0 aromatic carbocycles. The molecule has 2 radical (unpaired) electrons. The Morgan fingerprint density at radius 3 is 1.62 bits per heavy atom. The first-order chi connectivity index (χ1) is 16.8. The van der Waals surface area contributed by atoms with E-state index in [9.17, 15) is 5.11 Å². The fraction of sp³-hybridized carbons (Fsp3) is 0.968. The summed E-state index contributed by atoms with van der Waals surface area (Å²) in [5, 5.41) is 11.8. The maximum Gasteiger partial charge on any atom is 0.116 e. The van der Waals surface area contributed by atoms with Crippen LogP contribution in [-0.2, 0) is 14.6 Å². The average Bonchev–Trinajstić information content (AvgIpc) is 2.84. The molecular formula is C31H60O3. The molecule has 3 nitrogen and oxygen atoms in total. The minimum atomic E-state index is -0.516. The lowest BCUT2D eigenvalue weighted by Crippen LogP contribution is -2.16. The zero-order valence-electron chi connectivity index (χ0n) is 22.9. The average molecular weight is 481 g/mol. The predicted octanol–water partition coefficient (Wildman–Crippen LogP) is 9.79. The van der Waals surface area contributed by atoms with E-state index in [2.05, 4.69) is 6.92 Å². The molecule has 1 rings (SSSR count). The summed E-state index contributed by atoms with van der Waals surface area (Å²) in [6.07, 6.45) is 32.0. The van der Waals surface area contributed by atoms with Gasteiger partial charge >= 0.3 is 0 Å². The van der Waals surface area contributed by atoms with Crippen LogP contribution in [0, 0.1) is 6.92 Å². The second-order valence-corrected chi connectivity index (χ2v) is 10.8. The lowest BCUT2D eigenvalue weighted by Gasteiger charge is -2.19. The van der Waals surface area contributed by atoms with Crippen molar-refractivity contribution in [1.29, 1.82) is 0 Å². The lowest BCUT2D eigenvalue weighted by molar-refractivity contribution is -0.0119. The number of hydrogen-bond donors (Lipinski definition) is 0. The Balaban J connectivity index is 1.89. The minimum absolute atomic E-state index is 0.400. The Labute approximate surface area is 214 Å². The van der Waals surface area contributed by atoms with Crippen molar-refractivity contribution in [2.24, 2.45) is 0 Å². The highest BCUT2D eigenvalue weighted by molar-refractivity contribution is 4.62. The van der Waals surface area contributed by atoms with E-state index in [1.807, 2.05) is 0 Å². The van der Waals surface area contributed by atoms with E-state index in [4.69, 9.17) is 9.47 Å². The highest BCUT2D eigenvalue weighted by atomic mass is 16.5. The first-order valence-electron chi connectivity index (χ1n) is 15.5. The van der Waals surface area contributed by atoms with E-state index in [-0.39, 0.29) is 0 Å². The normalized spacial score (nSPS) is 21.4. The first-order valence-corrected chi connectivity index (χ1v) is 15.5. The van der Waals surface area contributed by atoms with Crippen molar-refractivity contribution in [3.63, 3.8) is 0 Å². The van der Waals surface area contributed by atoms with Crippen LogP contribution in [0.25, 0.3) is 0 Å². The summed E-state index contributed by atoms with van der Waals surface area (Å²) in [6, 6.07) is 0. The molecule has 3 heteroatoms. The van der Waals surface area contributed by atoms with Gasteiger partial charge in [-0.05, 0) is 38.5 Å². The SMILES string of the molecule is [CH2]CCCCCCCCCCCCCCCCCOC1CCCCCCC([O])COCCCC1. The topological polar surface area (TPSA) is 38.4 Å². The predicted molar refractivity (Wildman–Crippen MR) is 146 cm³/mol. The van der Waals surface area contributed by atoms with Gasteiger partial charge in [0.15, 0.2) is 0 Å². The molecule has 1 heterocycles. The summed E-state index contributed by atoms with van der Waals surface area (Å²) < 4.78 is 11.9. The van der Waals surface area contributed by atoms with Gasteiger partial charge < -0.3 is 9.47 Å². The summed E-state index contributed by atoms with van der Waals surface area (Å²) in [5.74, 6) is 0. The van der Waals surface area contributed by atoms with E-state index in [0.717, 1.165) is 51.7 Å². The van der Waals surface area contributed by atoms with Crippen LogP contribution in [0.4, 0.5) is 0 Å². The molecule has 1 aliphatic rings. The lowest BCUT2D eigenvalue weighted by atomic mass is 10.0. The Morgan fingerprint density at radius 1 is 0.588 bits per heavy atom. The fourth-order valence-corrected chi connectivity index (χ4v) is 5.11. The van der Waals surface area contributed by atoms with Gasteiger partial charge in [0.2, 0.25) is 0 Å². The molecule has 0 aromatic rings. The van der Waals surface area contributed by atoms with E-state index in [0.29, 0.717) is 12.7 Å². The largest absolute Gasteiger partial charge is 0.379 e. The maximum absolute atomic E-state index is 11.8. The number of ether oxygens (including phenoxy) is 2. The van der Waals surface area contributed by atoms with Crippen molar-refractivity contribution >= 4 is 0 Å². The van der Waals surface area contributed by atoms with Crippen LogP contribution < -0.4 is 0 Å². The highest BCUT2D eigenvalue weighted by Gasteiger charge is 2.11. The van der Waals surface area contributed by atoms with Crippen LogP contribution >= 0.6 is 0 Å². The van der Waals surface area contributed by atoms with Crippen LogP contribution in [0.2, 0.25) is 0 Å². The second kappa shape index (κ2) is 26.0. The molecule has 0 N–H and O–H groups in total. The van der Waals surface area contributed by atoms with Gasteiger partial charge in [-0.3, -0.25) is 0 Å². The van der Waals surface area contributed by atoms with Gasteiger partial charge in [0.05, 0.1) is 12.7 Å². The highest BCUT2D eigenvalue weighted by Crippen LogP contribution is 2.18. The van der Waals surface area contributed by atoms with Gasteiger partial charge in [-0.2, -0.15) is 0 Å². The van der Waals surface area contributed by atoms with Crippen molar-refractivity contribution in [3.05, 3.63) is 6.92 Å². The third kappa shape index (κ3) is 22.4. The van der Waals surface area contributed by atoms with Crippen molar-refractivity contribution < 1.29 is 14.6 Å². The van der Waals surface area contributed by atoms with E-state index in [1.54, 1.807) is 0 Å². The molecule has 34 heavy (non-hydrogen) atoms. The Morgan fingerprint density at radius 2 is 1.06 bits per heavy atom. The van der Waals surface area contributed by atoms with Gasteiger partial charge in [0.1, 0.15) is 6.10 Å². The van der Waals surface area contributed by atoms with Crippen LogP contribution in [0.5, 0.6) is 0 Å².